The summed E-state index contributed by atoms with van der Waals surface area (Å²) in [4.78, 5) is 26.0. The van der Waals surface area contributed by atoms with Gasteiger partial charge in [0.05, 0.1) is 6.61 Å². The normalized spacial score (nSPS) is 28.6. The minimum absolute atomic E-state index is 0.104. The first-order valence-corrected chi connectivity index (χ1v) is 9.20. The van der Waals surface area contributed by atoms with E-state index in [-0.39, 0.29) is 17.6 Å². The van der Waals surface area contributed by atoms with Gasteiger partial charge in [0.25, 0.3) is 5.91 Å². The fourth-order valence-electron chi connectivity index (χ4n) is 4.31. The molecule has 3 rings (SSSR count). The minimum Gasteiger partial charge on any atom is -0.480 e. The third-order valence-electron chi connectivity index (χ3n) is 5.87. The Hall–Kier alpha value is -2.02. The lowest BCUT2D eigenvalue weighted by atomic mass is 9.70. The summed E-state index contributed by atoms with van der Waals surface area (Å²) in [6.45, 7) is 6.34. The molecule has 1 atom stereocenters. The number of carboxylic acids is 1. The van der Waals surface area contributed by atoms with Crippen LogP contribution in [0.25, 0.3) is 0 Å². The van der Waals surface area contributed by atoms with Gasteiger partial charge in [0.2, 0.25) is 0 Å². The number of carbonyl (C=O) groups is 2. The molecule has 1 aliphatic heterocycles. The first kappa shape index (κ1) is 19.7. The highest BCUT2D eigenvalue weighted by molar-refractivity contribution is 5.97. The average Bonchev–Trinajstić information content (AvgIpc) is 2.91. The van der Waals surface area contributed by atoms with E-state index in [2.05, 4.69) is 20.8 Å². The van der Waals surface area contributed by atoms with Gasteiger partial charge in [-0.1, -0.05) is 20.8 Å². The van der Waals surface area contributed by atoms with Crippen LogP contribution in [0.5, 0.6) is 0 Å². The van der Waals surface area contributed by atoms with Crippen LogP contribution in [-0.4, -0.2) is 40.3 Å². The molecule has 2 fully saturated rings. The van der Waals surface area contributed by atoms with Crippen molar-refractivity contribution in [3.05, 3.63) is 35.4 Å². The molecule has 0 unspecified atom stereocenters. The van der Waals surface area contributed by atoms with Gasteiger partial charge in [0.15, 0.2) is 6.04 Å². The van der Waals surface area contributed by atoms with Crippen LogP contribution < -0.4 is 0 Å². The van der Waals surface area contributed by atoms with Gasteiger partial charge in [-0.05, 0) is 49.1 Å². The van der Waals surface area contributed by atoms with Crippen LogP contribution in [0.4, 0.5) is 8.78 Å². The molecule has 0 aromatic heterocycles. The molecule has 1 spiro atoms. The Morgan fingerprint density at radius 1 is 1.15 bits per heavy atom. The fraction of sp³-hybridized carbons (Fsp3) is 0.600. The van der Waals surface area contributed by atoms with E-state index >= 15 is 0 Å². The van der Waals surface area contributed by atoms with Crippen LogP contribution >= 0.6 is 0 Å². The van der Waals surface area contributed by atoms with Gasteiger partial charge in [-0.25, -0.2) is 13.6 Å². The standard InChI is InChI=1S/C20H25F2NO4/c1-19(2,3)13-4-6-20(7-5-13)23(16(11-27-20)18(25)26)17(24)12-8-14(21)10-15(22)9-12/h8-10,13,16H,4-7,11H2,1-3H3,(H,25,26)/t13?,16-,20?/m1/s1. The highest BCUT2D eigenvalue weighted by atomic mass is 19.1. The molecular weight excluding hydrogens is 356 g/mol. The Morgan fingerprint density at radius 3 is 2.19 bits per heavy atom. The summed E-state index contributed by atoms with van der Waals surface area (Å²) in [7, 11) is 0. The summed E-state index contributed by atoms with van der Waals surface area (Å²) in [6, 6.07) is 1.36. The maximum atomic E-state index is 13.6. The van der Waals surface area contributed by atoms with Gasteiger partial charge in [0, 0.05) is 11.6 Å². The first-order valence-electron chi connectivity index (χ1n) is 9.20. The molecule has 5 nitrogen and oxygen atoms in total. The molecule has 1 saturated heterocycles. The van der Waals surface area contributed by atoms with Gasteiger partial charge in [-0.3, -0.25) is 9.69 Å². The molecule has 1 saturated carbocycles. The molecule has 7 heteroatoms. The first-order chi connectivity index (χ1) is 12.5. The van der Waals surface area contributed by atoms with E-state index < -0.39 is 35.3 Å². The number of carboxylic acid groups (broad SMARTS) is 1. The van der Waals surface area contributed by atoms with E-state index in [4.69, 9.17) is 4.74 Å². The van der Waals surface area contributed by atoms with Crippen molar-refractivity contribution in [1.29, 1.82) is 0 Å². The van der Waals surface area contributed by atoms with Gasteiger partial charge in [-0.2, -0.15) is 0 Å². The Morgan fingerprint density at radius 2 is 1.70 bits per heavy atom. The maximum Gasteiger partial charge on any atom is 0.328 e. The molecule has 1 heterocycles. The minimum atomic E-state index is -1.19. The summed E-state index contributed by atoms with van der Waals surface area (Å²) in [5.74, 6) is -3.23. The van der Waals surface area contributed by atoms with Gasteiger partial charge >= 0.3 is 5.97 Å². The topological polar surface area (TPSA) is 66.8 Å². The van der Waals surface area contributed by atoms with E-state index in [9.17, 15) is 23.5 Å². The van der Waals surface area contributed by atoms with Crippen LogP contribution in [0, 0.1) is 23.0 Å². The van der Waals surface area contributed by atoms with E-state index in [1.54, 1.807) is 0 Å². The number of aliphatic carboxylic acids is 1. The lowest BCUT2D eigenvalue weighted by Gasteiger charge is -2.46. The quantitative estimate of drug-likeness (QED) is 0.846. The fourth-order valence-corrected chi connectivity index (χ4v) is 4.31. The number of rotatable bonds is 2. The second kappa shape index (κ2) is 6.86. The van der Waals surface area contributed by atoms with Crippen molar-refractivity contribution in [2.45, 2.75) is 58.2 Å². The number of benzene rings is 1. The zero-order valence-corrected chi connectivity index (χ0v) is 15.8. The van der Waals surface area contributed by atoms with Crippen LogP contribution in [0.15, 0.2) is 18.2 Å². The number of hydrogen-bond acceptors (Lipinski definition) is 3. The smallest absolute Gasteiger partial charge is 0.328 e. The summed E-state index contributed by atoms with van der Waals surface area (Å²) in [6.07, 6.45) is 2.58. The van der Waals surface area contributed by atoms with Crippen LogP contribution in [0.1, 0.15) is 56.8 Å². The predicted octanol–water partition coefficient (Wildman–Crippen LogP) is 3.82. The lowest BCUT2D eigenvalue weighted by Crippen LogP contribution is -2.55. The van der Waals surface area contributed by atoms with E-state index in [0.717, 1.165) is 25.0 Å². The summed E-state index contributed by atoms with van der Waals surface area (Å²) >= 11 is 0. The number of nitrogens with zero attached hydrogens (tertiary/aromatic N) is 1. The zero-order chi connectivity index (χ0) is 20.0. The molecule has 1 amide bonds. The van der Waals surface area contributed by atoms with E-state index in [0.29, 0.717) is 24.8 Å². The summed E-state index contributed by atoms with van der Waals surface area (Å²) in [5.41, 5.74) is -1.14. The largest absolute Gasteiger partial charge is 0.480 e. The molecular formula is C20H25F2NO4. The molecule has 27 heavy (non-hydrogen) atoms. The van der Waals surface area contributed by atoms with Crippen LogP contribution in [0.3, 0.4) is 0 Å². The van der Waals surface area contributed by atoms with Crippen molar-refractivity contribution in [1.82, 2.24) is 4.90 Å². The number of hydrogen-bond donors (Lipinski definition) is 1. The second-order valence-electron chi connectivity index (χ2n) is 8.58. The number of halogens is 2. The maximum absolute atomic E-state index is 13.6. The third-order valence-corrected chi connectivity index (χ3v) is 5.87. The SMILES string of the molecule is CC(C)(C)C1CCC2(CC1)OC[C@H](C(=O)O)N2C(=O)c1cc(F)cc(F)c1. The predicted molar refractivity (Wildman–Crippen MR) is 94.0 cm³/mol. The third kappa shape index (κ3) is 3.70. The van der Waals surface area contributed by atoms with Gasteiger partial charge in [0.1, 0.15) is 17.4 Å². The second-order valence-corrected chi connectivity index (χ2v) is 8.58. The summed E-state index contributed by atoms with van der Waals surface area (Å²) < 4.78 is 33.0. The number of ether oxygens (including phenoxy) is 1. The molecule has 1 aliphatic carbocycles. The van der Waals surface area contributed by atoms with Crippen molar-refractivity contribution >= 4 is 11.9 Å². The Labute approximate surface area is 157 Å². The molecule has 1 N–H and O–H groups in total. The van der Waals surface area contributed by atoms with Gasteiger partial charge in [-0.15, -0.1) is 0 Å². The highest BCUT2D eigenvalue weighted by Gasteiger charge is 2.54. The molecule has 1 aromatic rings. The molecule has 2 aliphatic rings. The zero-order valence-electron chi connectivity index (χ0n) is 15.8. The molecule has 148 valence electrons. The molecule has 1 aromatic carbocycles. The monoisotopic (exact) mass is 381 g/mol. The van der Waals surface area contributed by atoms with Crippen molar-refractivity contribution in [3.8, 4) is 0 Å². The van der Waals surface area contributed by atoms with Crippen molar-refractivity contribution in [2.75, 3.05) is 6.61 Å². The lowest BCUT2D eigenvalue weighted by molar-refractivity contribution is -0.144. The Balaban J connectivity index is 1.93. The highest BCUT2D eigenvalue weighted by Crippen LogP contribution is 2.47. The Bertz CT molecular complexity index is 731. The number of carbonyl (C=O) groups excluding carboxylic acids is 1. The van der Waals surface area contributed by atoms with Crippen LogP contribution in [0.2, 0.25) is 0 Å². The average molecular weight is 381 g/mol. The Kier molecular flexibility index (Phi) is 5.01. The number of amides is 1. The molecule has 0 bridgehead atoms. The molecule has 0 radical (unpaired) electrons. The van der Waals surface area contributed by atoms with E-state index in [1.165, 1.54) is 4.90 Å². The van der Waals surface area contributed by atoms with Crippen molar-refractivity contribution < 1.29 is 28.2 Å². The van der Waals surface area contributed by atoms with Crippen LogP contribution in [-0.2, 0) is 9.53 Å². The van der Waals surface area contributed by atoms with E-state index in [1.807, 2.05) is 0 Å². The summed E-state index contributed by atoms with van der Waals surface area (Å²) in [5, 5.41) is 9.56. The van der Waals surface area contributed by atoms with Crippen molar-refractivity contribution in [3.63, 3.8) is 0 Å². The van der Waals surface area contributed by atoms with Crippen molar-refractivity contribution in [2.24, 2.45) is 11.3 Å². The van der Waals surface area contributed by atoms with Gasteiger partial charge < -0.3 is 9.84 Å².